The predicted octanol–water partition coefficient (Wildman–Crippen LogP) is 4.29. The van der Waals surface area contributed by atoms with Crippen molar-refractivity contribution in [3.63, 3.8) is 0 Å². The molecule has 1 aromatic rings. The van der Waals surface area contributed by atoms with Gasteiger partial charge in [0.1, 0.15) is 5.75 Å². The Morgan fingerprint density at radius 2 is 1.93 bits per heavy atom. The van der Waals surface area contributed by atoms with Crippen molar-refractivity contribution >= 4 is 15.9 Å². The van der Waals surface area contributed by atoms with Crippen LogP contribution in [0.25, 0.3) is 0 Å². The van der Waals surface area contributed by atoms with Crippen LogP contribution in [-0.4, -0.2) is 6.10 Å². The zero-order valence-corrected chi connectivity index (χ0v) is 11.1. The molecule has 82 valence electrons. The van der Waals surface area contributed by atoms with E-state index in [-0.39, 0.29) is 5.41 Å². The molecule has 0 N–H and O–H groups in total. The molecule has 2 rings (SSSR count). The summed E-state index contributed by atoms with van der Waals surface area (Å²) in [5, 5.41) is 0. The second-order valence-electron chi connectivity index (χ2n) is 5.21. The van der Waals surface area contributed by atoms with E-state index in [0.29, 0.717) is 6.10 Å². The summed E-state index contributed by atoms with van der Waals surface area (Å²) in [7, 11) is 0. The molecule has 1 saturated carbocycles. The Labute approximate surface area is 100.0 Å². The summed E-state index contributed by atoms with van der Waals surface area (Å²) < 4.78 is 6.96. The molecule has 0 heterocycles. The highest BCUT2D eigenvalue weighted by atomic mass is 79.9. The van der Waals surface area contributed by atoms with E-state index in [4.69, 9.17) is 4.74 Å². The SMILES string of the molecule is CC(C)(C)c1cc(OC2CC2)ccc1Br. The van der Waals surface area contributed by atoms with E-state index in [1.807, 2.05) is 6.07 Å². The summed E-state index contributed by atoms with van der Waals surface area (Å²) in [6, 6.07) is 6.28. The monoisotopic (exact) mass is 268 g/mol. The molecule has 0 unspecified atom stereocenters. The average Bonchev–Trinajstić information content (AvgIpc) is 2.90. The highest BCUT2D eigenvalue weighted by molar-refractivity contribution is 9.10. The summed E-state index contributed by atoms with van der Waals surface area (Å²) in [5.74, 6) is 1.01. The summed E-state index contributed by atoms with van der Waals surface area (Å²) in [4.78, 5) is 0. The third kappa shape index (κ3) is 2.75. The van der Waals surface area contributed by atoms with Crippen molar-refractivity contribution in [1.82, 2.24) is 0 Å². The van der Waals surface area contributed by atoms with E-state index in [1.165, 1.54) is 18.4 Å². The van der Waals surface area contributed by atoms with Crippen molar-refractivity contribution in [1.29, 1.82) is 0 Å². The molecule has 0 bridgehead atoms. The first-order valence-electron chi connectivity index (χ1n) is 5.43. The smallest absolute Gasteiger partial charge is 0.120 e. The lowest BCUT2D eigenvalue weighted by Gasteiger charge is -2.21. The zero-order chi connectivity index (χ0) is 11.1. The lowest BCUT2D eigenvalue weighted by molar-refractivity contribution is 0.302. The third-order valence-electron chi connectivity index (χ3n) is 2.57. The van der Waals surface area contributed by atoms with Gasteiger partial charge in [0, 0.05) is 4.47 Å². The molecule has 0 spiro atoms. The van der Waals surface area contributed by atoms with Gasteiger partial charge in [0.25, 0.3) is 0 Å². The molecular weight excluding hydrogens is 252 g/mol. The molecule has 1 nitrogen and oxygen atoms in total. The van der Waals surface area contributed by atoms with E-state index in [9.17, 15) is 0 Å². The van der Waals surface area contributed by atoms with Gasteiger partial charge in [0.2, 0.25) is 0 Å². The number of rotatable bonds is 2. The van der Waals surface area contributed by atoms with Crippen LogP contribution in [0.15, 0.2) is 22.7 Å². The van der Waals surface area contributed by atoms with Crippen LogP contribution in [0.2, 0.25) is 0 Å². The second-order valence-corrected chi connectivity index (χ2v) is 6.06. The van der Waals surface area contributed by atoms with Crippen molar-refractivity contribution in [3.8, 4) is 5.75 Å². The van der Waals surface area contributed by atoms with Crippen LogP contribution >= 0.6 is 15.9 Å². The first kappa shape index (κ1) is 11.0. The Hall–Kier alpha value is -0.500. The number of halogens is 1. The molecular formula is C13H17BrO. The molecule has 0 radical (unpaired) electrons. The van der Waals surface area contributed by atoms with Gasteiger partial charge in [-0.2, -0.15) is 0 Å². The molecule has 1 aromatic carbocycles. The Balaban J connectivity index is 2.27. The van der Waals surface area contributed by atoms with Gasteiger partial charge >= 0.3 is 0 Å². The van der Waals surface area contributed by atoms with Gasteiger partial charge in [-0.1, -0.05) is 36.7 Å². The normalized spacial score (nSPS) is 16.5. The minimum atomic E-state index is 0.155. The van der Waals surface area contributed by atoms with Gasteiger partial charge in [-0.05, 0) is 42.0 Å². The van der Waals surface area contributed by atoms with Crippen molar-refractivity contribution < 1.29 is 4.74 Å². The number of hydrogen-bond acceptors (Lipinski definition) is 1. The molecule has 1 fully saturated rings. The third-order valence-corrected chi connectivity index (χ3v) is 3.26. The average molecular weight is 269 g/mol. The predicted molar refractivity (Wildman–Crippen MR) is 66.5 cm³/mol. The van der Waals surface area contributed by atoms with Gasteiger partial charge in [-0.25, -0.2) is 0 Å². The van der Waals surface area contributed by atoms with Crippen molar-refractivity contribution in [2.24, 2.45) is 0 Å². The Morgan fingerprint density at radius 1 is 1.27 bits per heavy atom. The Kier molecular flexibility index (Phi) is 2.80. The molecule has 1 aliphatic carbocycles. The van der Waals surface area contributed by atoms with Gasteiger partial charge in [0.15, 0.2) is 0 Å². The fourth-order valence-electron chi connectivity index (χ4n) is 1.53. The molecule has 0 amide bonds. The molecule has 0 aliphatic heterocycles. The van der Waals surface area contributed by atoms with E-state index in [0.717, 1.165) is 10.2 Å². The van der Waals surface area contributed by atoms with Crippen LogP contribution in [0.5, 0.6) is 5.75 Å². The second kappa shape index (κ2) is 3.82. The summed E-state index contributed by atoms with van der Waals surface area (Å²) in [6.45, 7) is 6.65. The van der Waals surface area contributed by atoms with Crippen molar-refractivity contribution in [2.75, 3.05) is 0 Å². The van der Waals surface area contributed by atoms with Crippen LogP contribution in [0.4, 0.5) is 0 Å². The van der Waals surface area contributed by atoms with Gasteiger partial charge in [-0.3, -0.25) is 0 Å². The van der Waals surface area contributed by atoms with E-state index >= 15 is 0 Å². The molecule has 1 aliphatic rings. The van der Waals surface area contributed by atoms with Crippen molar-refractivity contribution in [2.45, 2.75) is 45.1 Å². The maximum absolute atomic E-state index is 5.80. The summed E-state index contributed by atoms with van der Waals surface area (Å²) >= 11 is 3.59. The number of benzene rings is 1. The summed E-state index contributed by atoms with van der Waals surface area (Å²) in [6.07, 6.45) is 2.89. The van der Waals surface area contributed by atoms with Crippen LogP contribution in [0.1, 0.15) is 39.2 Å². The minimum absolute atomic E-state index is 0.155. The van der Waals surface area contributed by atoms with E-state index in [2.05, 4.69) is 48.8 Å². The van der Waals surface area contributed by atoms with Gasteiger partial charge in [-0.15, -0.1) is 0 Å². The van der Waals surface area contributed by atoms with Crippen LogP contribution in [0.3, 0.4) is 0 Å². The minimum Gasteiger partial charge on any atom is -0.490 e. The molecule has 15 heavy (non-hydrogen) atoms. The molecule has 0 saturated heterocycles. The highest BCUT2D eigenvalue weighted by Crippen LogP contribution is 2.34. The van der Waals surface area contributed by atoms with Crippen LogP contribution < -0.4 is 4.74 Å². The lowest BCUT2D eigenvalue weighted by Crippen LogP contribution is -2.12. The standard InChI is InChI=1S/C13H17BrO/c1-13(2,3)11-8-10(6-7-12(11)14)15-9-4-5-9/h6-9H,4-5H2,1-3H3. The topological polar surface area (TPSA) is 9.23 Å². The highest BCUT2D eigenvalue weighted by Gasteiger charge is 2.24. The molecule has 0 aromatic heterocycles. The number of ether oxygens (including phenoxy) is 1. The van der Waals surface area contributed by atoms with E-state index < -0.39 is 0 Å². The maximum Gasteiger partial charge on any atom is 0.120 e. The maximum atomic E-state index is 5.80. The largest absolute Gasteiger partial charge is 0.490 e. The Morgan fingerprint density at radius 3 is 2.47 bits per heavy atom. The van der Waals surface area contributed by atoms with E-state index in [1.54, 1.807) is 0 Å². The number of hydrogen-bond donors (Lipinski definition) is 0. The fraction of sp³-hybridized carbons (Fsp3) is 0.538. The van der Waals surface area contributed by atoms with Crippen molar-refractivity contribution in [3.05, 3.63) is 28.2 Å². The van der Waals surface area contributed by atoms with Crippen LogP contribution in [-0.2, 0) is 5.41 Å². The van der Waals surface area contributed by atoms with Gasteiger partial charge < -0.3 is 4.74 Å². The molecule has 0 atom stereocenters. The quantitative estimate of drug-likeness (QED) is 0.778. The van der Waals surface area contributed by atoms with Crippen LogP contribution in [0, 0.1) is 0 Å². The lowest BCUT2D eigenvalue weighted by atomic mass is 9.87. The first-order chi connectivity index (χ1) is 6.97. The molecule has 2 heteroatoms. The zero-order valence-electron chi connectivity index (χ0n) is 9.51. The Bertz CT molecular complexity index is 361. The first-order valence-corrected chi connectivity index (χ1v) is 6.23. The summed E-state index contributed by atoms with van der Waals surface area (Å²) in [5.41, 5.74) is 1.46. The van der Waals surface area contributed by atoms with Gasteiger partial charge in [0.05, 0.1) is 6.10 Å². The fourth-order valence-corrected chi connectivity index (χ4v) is 2.37.